The molecule has 1 aliphatic heterocycles. The molecule has 0 saturated heterocycles. The molecule has 0 radical (unpaired) electrons. The number of hydrogen-bond acceptors (Lipinski definition) is 13. The highest BCUT2D eigenvalue weighted by atomic mass is 35.5. The number of aromatic carboxylic acids is 1. The van der Waals surface area contributed by atoms with E-state index in [2.05, 4.69) is 20.7 Å². The number of nitrogens with one attached hydrogen (secondary N) is 2. The average molecular weight is 999 g/mol. The molecule has 3 N–H and O–H groups in total. The maximum absolute atomic E-state index is 13.2. The largest absolute Gasteiger partial charge is 0.491 e. The minimum atomic E-state index is -1.15. The number of halogens is 1. The van der Waals surface area contributed by atoms with Crippen molar-refractivity contribution in [2.24, 2.45) is 0 Å². The molecule has 0 spiro atoms. The topological polar surface area (TPSA) is 187 Å². The smallest absolute Gasteiger partial charge is 0.336 e. The Bertz CT molecular complexity index is 3220. The van der Waals surface area contributed by atoms with Gasteiger partial charge in [0.15, 0.2) is 0 Å². The number of aromatic nitrogens is 4. The number of rotatable bonds is 23. The summed E-state index contributed by atoms with van der Waals surface area (Å²) in [6, 6.07) is 31.6. The summed E-state index contributed by atoms with van der Waals surface area (Å²) in [5.74, 6) is 1.63. The van der Waals surface area contributed by atoms with Gasteiger partial charge in [-0.3, -0.25) is 4.79 Å². The van der Waals surface area contributed by atoms with Gasteiger partial charge in [-0.05, 0) is 86.1 Å². The molecule has 0 atom stereocenters. The molecule has 1 aliphatic carbocycles. The predicted octanol–water partition coefficient (Wildman–Crippen LogP) is 8.02. The van der Waals surface area contributed by atoms with Crippen molar-refractivity contribution in [1.82, 2.24) is 29.5 Å². The van der Waals surface area contributed by atoms with Gasteiger partial charge in [-0.25, -0.2) is 14.4 Å². The number of ether oxygens (including phenoxy) is 5. The Morgan fingerprint density at radius 1 is 0.833 bits per heavy atom. The zero-order valence-electron chi connectivity index (χ0n) is 41.1. The van der Waals surface area contributed by atoms with Crippen molar-refractivity contribution < 1.29 is 42.8 Å². The van der Waals surface area contributed by atoms with Crippen molar-refractivity contribution in [2.45, 2.75) is 26.5 Å². The number of anilines is 2. The third kappa shape index (κ3) is 12.5. The van der Waals surface area contributed by atoms with Crippen LogP contribution in [-0.2, 0) is 20.8 Å². The Morgan fingerprint density at radius 2 is 1.57 bits per heavy atom. The summed E-state index contributed by atoms with van der Waals surface area (Å²) in [6.07, 6.45) is 1.47. The average Bonchev–Trinajstić information content (AvgIpc) is 3.85. The summed E-state index contributed by atoms with van der Waals surface area (Å²) in [4.78, 5) is 37.0. The Balaban J connectivity index is 0.743. The van der Waals surface area contributed by atoms with Gasteiger partial charge in [0, 0.05) is 89.3 Å². The first kappa shape index (κ1) is 50.8. The Kier molecular flexibility index (Phi) is 16.6. The number of benzene rings is 5. The number of carbonyl (C=O) groups excluding carboxylic acids is 1. The number of carboxylic acid groups (broad SMARTS) is 1. The number of carboxylic acids is 1. The number of fused-ring (bicyclic) bond motifs is 3. The van der Waals surface area contributed by atoms with Crippen molar-refractivity contribution >= 4 is 51.7 Å². The van der Waals surface area contributed by atoms with E-state index in [1.54, 1.807) is 16.6 Å². The van der Waals surface area contributed by atoms with Crippen LogP contribution in [0.4, 0.5) is 11.5 Å². The second kappa shape index (κ2) is 23.6. The lowest BCUT2D eigenvalue weighted by Gasteiger charge is -2.19. The number of carbonyl (C=O) groups is 2. The van der Waals surface area contributed by atoms with E-state index in [0.29, 0.717) is 91.0 Å². The lowest BCUT2D eigenvalue weighted by molar-refractivity contribution is 0.00988. The van der Waals surface area contributed by atoms with Crippen LogP contribution < -0.4 is 34.9 Å². The monoisotopic (exact) mass is 997 g/mol. The highest BCUT2D eigenvalue weighted by Crippen LogP contribution is 2.42. The van der Waals surface area contributed by atoms with Gasteiger partial charge in [0.2, 0.25) is 5.36 Å². The number of hydrogen-bond donors (Lipinski definition) is 3. The van der Waals surface area contributed by atoms with E-state index in [0.717, 1.165) is 44.6 Å². The first-order valence-electron chi connectivity index (χ1n) is 23.5. The fourth-order valence-electron chi connectivity index (χ4n) is 7.93. The first-order chi connectivity index (χ1) is 34.8. The van der Waals surface area contributed by atoms with E-state index in [4.69, 9.17) is 44.7 Å². The number of amides is 1. The molecule has 0 unspecified atom stereocenters. The molecule has 0 bridgehead atoms. The Labute approximate surface area is 421 Å². The molecule has 2 aliphatic rings. The van der Waals surface area contributed by atoms with Crippen molar-refractivity contribution in [3.8, 4) is 45.2 Å². The van der Waals surface area contributed by atoms with E-state index < -0.39 is 11.9 Å². The summed E-state index contributed by atoms with van der Waals surface area (Å²) in [6.45, 7) is 7.05. The SMILES string of the molecule is CC(C)Oc1cc(Cl)ccc1CNc1cc(-c2ccc(OCCOCCOCCOCCNC(=O)c3ccc(-c4c5ccc(=[N+](C)C)cc-5oc5cc(N(C)C)ccc45)c(C(=O)O)c3)cc2)nc2ncnn12. The molecule has 374 valence electrons. The number of nitrogens with zero attached hydrogens (tertiary/aromatic N) is 6. The van der Waals surface area contributed by atoms with E-state index in [1.165, 1.54) is 12.4 Å². The quantitative estimate of drug-likeness (QED) is 0.0318. The van der Waals surface area contributed by atoms with Gasteiger partial charge in [-0.2, -0.15) is 14.6 Å². The fraction of sp³-hybridized carbons (Fsp3) is 0.296. The molecule has 1 amide bonds. The van der Waals surface area contributed by atoms with Crippen LogP contribution in [-0.4, -0.2) is 124 Å². The van der Waals surface area contributed by atoms with Crippen LogP contribution in [0, 0.1) is 0 Å². The second-order valence-electron chi connectivity index (χ2n) is 17.4. The van der Waals surface area contributed by atoms with Crippen molar-refractivity contribution in [1.29, 1.82) is 0 Å². The van der Waals surface area contributed by atoms with Crippen LogP contribution in [0.2, 0.25) is 5.02 Å². The molecule has 18 heteroatoms. The summed E-state index contributed by atoms with van der Waals surface area (Å²) in [7, 11) is 7.78. The zero-order chi connectivity index (χ0) is 50.7. The predicted molar refractivity (Wildman–Crippen MR) is 278 cm³/mol. The highest BCUT2D eigenvalue weighted by molar-refractivity contribution is 6.30. The molecule has 0 fully saturated rings. The summed E-state index contributed by atoms with van der Waals surface area (Å²) in [5.41, 5.74) is 6.26. The summed E-state index contributed by atoms with van der Waals surface area (Å²) >= 11 is 6.25. The second-order valence-corrected chi connectivity index (χ2v) is 17.9. The maximum Gasteiger partial charge on any atom is 0.336 e. The van der Waals surface area contributed by atoms with Crippen LogP contribution in [0.3, 0.4) is 0 Å². The third-order valence-corrected chi connectivity index (χ3v) is 11.8. The molecule has 8 rings (SSSR count). The van der Waals surface area contributed by atoms with Gasteiger partial charge in [0.25, 0.3) is 11.7 Å². The first-order valence-corrected chi connectivity index (χ1v) is 23.9. The molecule has 17 nitrogen and oxygen atoms in total. The van der Waals surface area contributed by atoms with Crippen molar-refractivity contribution in [3.05, 3.63) is 137 Å². The van der Waals surface area contributed by atoms with Crippen LogP contribution >= 0.6 is 11.6 Å². The highest BCUT2D eigenvalue weighted by Gasteiger charge is 2.24. The molecular weight excluding hydrogens is 940 g/mol. The fourth-order valence-corrected chi connectivity index (χ4v) is 8.09. The molecule has 6 aromatic rings. The van der Waals surface area contributed by atoms with Crippen LogP contribution in [0.15, 0.2) is 114 Å². The van der Waals surface area contributed by atoms with Gasteiger partial charge < -0.3 is 48.7 Å². The summed E-state index contributed by atoms with van der Waals surface area (Å²) < 4.78 is 38.9. The van der Waals surface area contributed by atoms with Gasteiger partial charge >= 0.3 is 5.97 Å². The van der Waals surface area contributed by atoms with Crippen molar-refractivity contribution in [2.75, 3.05) is 91.2 Å². The van der Waals surface area contributed by atoms with Crippen LogP contribution in [0.1, 0.15) is 40.1 Å². The van der Waals surface area contributed by atoms with Gasteiger partial charge in [0.1, 0.15) is 55.7 Å². The maximum atomic E-state index is 13.2. The van der Waals surface area contributed by atoms with Crippen molar-refractivity contribution in [3.63, 3.8) is 0 Å². The Morgan fingerprint density at radius 3 is 2.29 bits per heavy atom. The normalized spacial score (nSPS) is 11.4. The molecular formula is C54H58ClN8O9+. The summed E-state index contributed by atoms with van der Waals surface area (Å²) in [5, 5.41) is 23.4. The van der Waals surface area contributed by atoms with E-state index in [9.17, 15) is 14.7 Å². The van der Waals surface area contributed by atoms with Crippen LogP contribution in [0.5, 0.6) is 11.5 Å². The minimum Gasteiger partial charge on any atom is -0.491 e. The minimum absolute atomic E-state index is 0.000137. The van der Waals surface area contributed by atoms with Gasteiger partial charge in [-0.15, -0.1) is 0 Å². The van der Waals surface area contributed by atoms with Crippen LogP contribution in [0.25, 0.3) is 50.5 Å². The molecule has 0 saturated carbocycles. The van der Waals surface area contributed by atoms with E-state index in [-0.39, 0.29) is 30.4 Å². The molecule has 3 heterocycles. The third-order valence-electron chi connectivity index (χ3n) is 11.5. The van der Waals surface area contributed by atoms with E-state index in [1.807, 2.05) is 136 Å². The lowest BCUT2D eigenvalue weighted by atomic mass is 9.89. The standard InChI is InChI=1S/C54H57ClN8O9/c1-34(2)71-47-28-38(55)11-7-37(47)32-57-50-31-46(60-54-58-33-59-63(50)54)35-8-14-41(15-9-35)70-26-25-69-24-23-68-22-21-67-20-19-56-52(64)36-10-16-42(45(27-36)53(65)66)51-43-17-12-39(61(3)4)29-48(43)72-49-30-40(62(5)6)13-18-44(49)51/h7-18,27-31,33-34H,19-26,32H2,1-6H3,(H2-,56,57,58,59,60,64,65,66)/p+1. The molecule has 72 heavy (non-hydrogen) atoms. The Hall–Kier alpha value is -7.57. The van der Waals surface area contributed by atoms with Gasteiger partial charge in [-0.1, -0.05) is 23.7 Å². The lowest BCUT2D eigenvalue weighted by Crippen LogP contribution is -2.28. The van der Waals surface area contributed by atoms with Gasteiger partial charge in [0.05, 0.1) is 63.1 Å². The van der Waals surface area contributed by atoms with E-state index >= 15 is 0 Å². The molecule has 4 aromatic carbocycles. The molecule has 2 aromatic heterocycles. The zero-order valence-corrected chi connectivity index (χ0v) is 41.9.